The van der Waals surface area contributed by atoms with Crippen molar-refractivity contribution in [2.45, 2.75) is 44.4 Å². The monoisotopic (exact) mass is 516 g/mol. The maximum atomic E-state index is 12.9. The summed E-state index contributed by atoms with van der Waals surface area (Å²) in [5.41, 5.74) is 2.52. The van der Waals surface area contributed by atoms with Gasteiger partial charge in [0, 0.05) is 42.3 Å². The third kappa shape index (κ3) is 4.88. The highest BCUT2D eigenvalue weighted by Gasteiger charge is 2.49. The number of amides is 1. The summed E-state index contributed by atoms with van der Waals surface area (Å²) in [6, 6.07) is 7.58. The zero-order valence-corrected chi connectivity index (χ0v) is 20.7. The van der Waals surface area contributed by atoms with Gasteiger partial charge in [-0.3, -0.25) is 9.79 Å². The van der Waals surface area contributed by atoms with Crippen molar-refractivity contribution >= 4 is 45.7 Å². The zero-order valence-electron chi connectivity index (χ0n) is 19.9. The largest absolute Gasteiger partial charge is 0.393 e. The number of fused-ring (bicyclic) bond motifs is 1. The molecule has 1 aliphatic heterocycles. The molecule has 1 aliphatic carbocycles. The molecule has 1 aromatic carbocycles. The van der Waals surface area contributed by atoms with Gasteiger partial charge in [-0.15, -0.1) is 11.3 Å². The molecular weight excluding hydrogens is 489 g/mol. The fourth-order valence-electron chi connectivity index (χ4n) is 5.49. The molecular formula is C25H27F3N6OS. The molecule has 2 N–H and O–H groups in total. The van der Waals surface area contributed by atoms with Gasteiger partial charge in [0.05, 0.1) is 18.4 Å². The minimum absolute atomic E-state index is 0.149. The Kier molecular flexibility index (Phi) is 6.36. The van der Waals surface area contributed by atoms with Gasteiger partial charge in [-0.25, -0.2) is 9.97 Å². The molecule has 36 heavy (non-hydrogen) atoms. The Morgan fingerprint density at radius 1 is 1.31 bits per heavy atom. The number of carbonyl (C=O) groups excluding carboxylic acids is 1. The van der Waals surface area contributed by atoms with Crippen molar-refractivity contribution in [2.75, 3.05) is 30.4 Å². The highest BCUT2D eigenvalue weighted by atomic mass is 32.1. The SMILES string of the molecule is C=NCc1cc(NC2CC3(CCN(c4ncnc5sc(CC(F)(F)F)cc45)C3)C2)ccc1C(=O)NC. The molecule has 0 bridgehead atoms. The number of halogens is 3. The first-order chi connectivity index (χ1) is 17.2. The Morgan fingerprint density at radius 3 is 2.83 bits per heavy atom. The summed E-state index contributed by atoms with van der Waals surface area (Å²) in [6.07, 6.45) is -0.748. The number of anilines is 2. The number of alkyl halides is 3. The fourth-order valence-corrected chi connectivity index (χ4v) is 6.51. The lowest BCUT2D eigenvalue weighted by Crippen LogP contribution is -2.46. The summed E-state index contributed by atoms with van der Waals surface area (Å²) in [7, 11) is 1.60. The quantitative estimate of drug-likeness (QED) is 0.440. The van der Waals surface area contributed by atoms with Crippen LogP contribution in [0.25, 0.3) is 10.2 Å². The highest BCUT2D eigenvalue weighted by molar-refractivity contribution is 7.18. The minimum Gasteiger partial charge on any atom is -0.382 e. The van der Waals surface area contributed by atoms with Crippen LogP contribution in [-0.2, 0) is 13.0 Å². The fraction of sp³-hybridized carbons (Fsp3) is 0.440. The van der Waals surface area contributed by atoms with Gasteiger partial charge in [0.25, 0.3) is 5.91 Å². The molecule has 0 unspecified atom stereocenters. The van der Waals surface area contributed by atoms with E-state index in [4.69, 9.17) is 0 Å². The standard InChI is InChI=1S/C25H27F3N6OS/c1-29-12-15-7-16(3-4-19(15)22(35)30-2)33-17-9-24(10-17)5-6-34(13-24)21-20-8-18(11-25(26,27)28)36-23(20)32-14-31-21/h3-4,7-8,14,17,33H,1,5-6,9-13H2,2H3,(H,30,35). The van der Waals surface area contributed by atoms with E-state index in [1.54, 1.807) is 13.1 Å². The Hall–Kier alpha value is -3.21. The molecule has 1 saturated heterocycles. The second-order valence-electron chi connectivity index (χ2n) is 9.67. The third-order valence-electron chi connectivity index (χ3n) is 7.06. The molecule has 2 aliphatic rings. The Labute approximate surface area is 210 Å². The number of benzene rings is 1. The van der Waals surface area contributed by atoms with Gasteiger partial charge >= 0.3 is 6.18 Å². The van der Waals surface area contributed by atoms with Crippen LogP contribution >= 0.6 is 11.3 Å². The van der Waals surface area contributed by atoms with Crippen LogP contribution < -0.4 is 15.5 Å². The number of nitrogens with one attached hydrogen (secondary N) is 2. The summed E-state index contributed by atoms with van der Waals surface area (Å²) in [5.74, 6) is 0.577. The van der Waals surface area contributed by atoms with Gasteiger partial charge in [-0.2, -0.15) is 13.2 Å². The van der Waals surface area contributed by atoms with E-state index in [0.29, 0.717) is 28.4 Å². The molecule has 0 atom stereocenters. The molecule has 1 spiro atoms. The predicted octanol–water partition coefficient (Wildman–Crippen LogP) is 4.83. The second kappa shape index (κ2) is 9.34. The van der Waals surface area contributed by atoms with Crippen LogP contribution in [0.3, 0.4) is 0 Å². The van der Waals surface area contributed by atoms with Crippen LogP contribution in [-0.4, -0.2) is 54.9 Å². The van der Waals surface area contributed by atoms with Gasteiger partial charge < -0.3 is 15.5 Å². The Morgan fingerprint density at radius 2 is 2.11 bits per heavy atom. The topological polar surface area (TPSA) is 82.5 Å². The molecule has 7 nitrogen and oxygen atoms in total. The lowest BCUT2D eigenvalue weighted by Gasteiger charge is -2.46. The first kappa shape index (κ1) is 24.5. The van der Waals surface area contributed by atoms with Gasteiger partial charge in [-0.05, 0) is 61.2 Å². The minimum atomic E-state index is -4.24. The Balaban J connectivity index is 1.25. The van der Waals surface area contributed by atoms with Gasteiger partial charge in [0.15, 0.2) is 0 Å². The molecule has 3 aromatic rings. The van der Waals surface area contributed by atoms with Crippen molar-refractivity contribution in [2.24, 2.45) is 10.4 Å². The number of hydrogen-bond donors (Lipinski definition) is 2. The van der Waals surface area contributed by atoms with Crippen molar-refractivity contribution in [3.05, 3.63) is 46.6 Å². The molecule has 3 heterocycles. The molecule has 5 rings (SSSR count). The number of thiophene rings is 1. The third-order valence-corrected chi connectivity index (χ3v) is 8.10. The average molecular weight is 517 g/mol. The maximum absolute atomic E-state index is 12.9. The van der Waals surface area contributed by atoms with Gasteiger partial charge in [0.2, 0.25) is 0 Å². The molecule has 190 valence electrons. The first-order valence-corrected chi connectivity index (χ1v) is 12.6. The van der Waals surface area contributed by atoms with Crippen molar-refractivity contribution in [3.8, 4) is 0 Å². The van der Waals surface area contributed by atoms with Gasteiger partial charge in [-0.1, -0.05) is 0 Å². The van der Waals surface area contributed by atoms with Crippen LogP contribution in [0.15, 0.2) is 35.6 Å². The van der Waals surface area contributed by atoms with E-state index in [2.05, 4.69) is 37.2 Å². The van der Waals surface area contributed by atoms with E-state index in [9.17, 15) is 18.0 Å². The number of aromatic nitrogens is 2. The molecule has 11 heteroatoms. The smallest absolute Gasteiger partial charge is 0.382 e. The number of nitrogens with zero attached hydrogens (tertiary/aromatic N) is 4. The van der Waals surface area contributed by atoms with Crippen LogP contribution in [0.4, 0.5) is 24.7 Å². The summed E-state index contributed by atoms with van der Waals surface area (Å²) in [5, 5.41) is 6.93. The highest BCUT2D eigenvalue weighted by Crippen LogP contribution is 2.50. The van der Waals surface area contributed by atoms with Crippen LogP contribution in [0.2, 0.25) is 0 Å². The van der Waals surface area contributed by atoms with Gasteiger partial charge in [0.1, 0.15) is 17.0 Å². The normalized spacial score (nSPS) is 21.6. The van der Waals surface area contributed by atoms with E-state index in [1.165, 1.54) is 6.33 Å². The number of rotatable bonds is 7. The lowest BCUT2D eigenvalue weighted by atomic mass is 9.65. The summed E-state index contributed by atoms with van der Waals surface area (Å²) < 4.78 is 38.6. The summed E-state index contributed by atoms with van der Waals surface area (Å²) in [6.45, 7) is 5.56. The number of hydrogen-bond acceptors (Lipinski definition) is 7. The summed E-state index contributed by atoms with van der Waals surface area (Å²) in [4.78, 5) is 27.8. The van der Waals surface area contributed by atoms with E-state index >= 15 is 0 Å². The summed E-state index contributed by atoms with van der Waals surface area (Å²) >= 11 is 1.08. The zero-order chi connectivity index (χ0) is 25.5. The average Bonchev–Trinajstić information content (AvgIpc) is 3.41. The molecule has 2 fully saturated rings. The van der Waals surface area contributed by atoms with Crippen LogP contribution in [0.5, 0.6) is 0 Å². The lowest BCUT2D eigenvalue weighted by molar-refractivity contribution is -0.126. The molecule has 1 amide bonds. The Bertz CT molecular complexity index is 1300. The maximum Gasteiger partial charge on any atom is 0.393 e. The second-order valence-corrected chi connectivity index (χ2v) is 10.8. The predicted molar refractivity (Wildman–Crippen MR) is 136 cm³/mol. The van der Waals surface area contributed by atoms with Crippen LogP contribution in [0, 0.1) is 5.41 Å². The van der Waals surface area contributed by atoms with Crippen molar-refractivity contribution in [1.82, 2.24) is 15.3 Å². The van der Waals surface area contributed by atoms with Crippen LogP contribution in [0.1, 0.15) is 40.1 Å². The number of carbonyl (C=O) groups is 1. The van der Waals surface area contributed by atoms with Crippen molar-refractivity contribution < 1.29 is 18.0 Å². The van der Waals surface area contributed by atoms with E-state index in [0.717, 1.165) is 60.8 Å². The number of aliphatic imine (C=N–C) groups is 1. The molecule has 0 radical (unpaired) electrons. The van der Waals surface area contributed by atoms with E-state index in [1.807, 2.05) is 18.2 Å². The van der Waals surface area contributed by atoms with E-state index in [-0.39, 0.29) is 16.2 Å². The molecule has 1 saturated carbocycles. The van der Waals surface area contributed by atoms with Crippen molar-refractivity contribution in [1.29, 1.82) is 0 Å². The molecule has 2 aromatic heterocycles. The van der Waals surface area contributed by atoms with Crippen molar-refractivity contribution in [3.63, 3.8) is 0 Å². The van der Waals surface area contributed by atoms with E-state index < -0.39 is 12.6 Å². The first-order valence-electron chi connectivity index (χ1n) is 11.8.